The van der Waals surface area contributed by atoms with Crippen LogP contribution >= 0.6 is 0 Å². The molecule has 0 aliphatic carbocycles. The van der Waals surface area contributed by atoms with Crippen molar-refractivity contribution in [2.45, 2.75) is 13.3 Å². The lowest BCUT2D eigenvalue weighted by Gasteiger charge is -2.13. The highest BCUT2D eigenvalue weighted by molar-refractivity contribution is 5.97. The Morgan fingerprint density at radius 2 is 2.18 bits per heavy atom. The lowest BCUT2D eigenvalue weighted by molar-refractivity contribution is -0.128. The summed E-state index contributed by atoms with van der Waals surface area (Å²) in [4.78, 5) is 29.7. The van der Waals surface area contributed by atoms with Crippen LogP contribution in [0.25, 0.3) is 11.4 Å². The van der Waals surface area contributed by atoms with Gasteiger partial charge in [0.05, 0.1) is 5.92 Å². The van der Waals surface area contributed by atoms with E-state index in [1.54, 1.807) is 4.90 Å². The molecule has 1 atom stereocenters. The molecule has 2 heterocycles. The third-order valence-corrected chi connectivity index (χ3v) is 3.81. The molecule has 0 saturated carbocycles. The molecule has 3 rings (SSSR count). The molecule has 1 fully saturated rings. The van der Waals surface area contributed by atoms with E-state index in [1.807, 2.05) is 31.2 Å². The predicted molar refractivity (Wildman–Crippen MR) is 80.8 cm³/mol. The van der Waals surface area contributed by atoms with Crippen LogP contribution in [0.1, 0.15) is 13.3 Å². The molecule has 1 aliphatic rings. The SMILES string of the molecule is CCN1C[C@@H](C(=O)Nc2ccc(-c3ncn[nH]3)cc2)CC1=O. The lowest BCUT2D eigenvalue weighted by Crippen LogP contribution is -2.28. The molecule has 2 N–H and O–H groups in total. The number of hydrogen-bond donors (Lipinski definition) is 2. The molecule has 1 aromatic heterocycles. The number of nitrogens with zero attached hydrogens (tertiary/aromatic N) is 3. The number of hydrogen-bond acceptors (Lipinski definition) is 4. The molecule has 1 aliphatic heterocycles. The number of amides is 2. The maximum atomic E-state index is 12.2. The van der Waals surface area contributed by atoms with Gasteiger partial charge >= 0.3 is 0 Å². The third kappa shape index (κ3) is 2.83. The lowest BCUT2D eigenvalue weighted by atomic mass is 10.1. The van der Waals surface area contributed by atoms with Crippen LogP contribution in [-0.2, 0) is 9.59 Å². The summed E-state index contributed by atoms with van der Waals surface area (Å²) in [5, 5.41) is 9.44. The molecule has 0 unspecified atom stereocenters. The first-order valence-electron chi connectivity index (χ1n) is 7.22. The van der Waals surface area contributed by atoms with Crippen molar-refractivity contribution in [1.29, 1.82) is 0 Å². The first-order chi connectivity index (χ1) is 10.7. The number of aromatic nitrogens is 3. The van der Waals surface area contributed by atoms with Crippen molar-refractivity contribution in [1.82, 2.24) is 20.1 Å². The highest BCUT2D eigenvalue weighted by Gasteiger charge is 2.33. The van der Waals surface area contributed by atoms with Crippen LogP contribution < -0.4 is 5.32 Å². The smallest absolute Gasteiger partial charge is 0.229 e. The van der Waals surface area contributed by atoms with Gasteiger partial charge < -0.3 is 10.2 Å². The minimum Gasteiger partial charge on any atom is -0.342 e. The average Bonchev–Trinajstić information content (AvgIpc) is 3.17. The fourth-order valence-corrected chi connectivity index (χ4v) is 2.55. The summed E-state index contributed by atoms with van der Waals surface area (Å²) in [6.45, 7) is 3.06. The normalized spacial score (nSPS) is 17.8. The third-order valence-electron chi connectivity index (χ3n) is 3.81. The second-order valence-corrected chi connectivity index (χ2v) is 5.23. The quantitative estimate of drug-likeness (QED) is 0.889. The van der Waals surface area contributed by atoms with E-state index in [0.717, 1.165) is 5.56 Å². The van der Waals surface area contributed by atoms with Gasteiger partial charge in [0.25, 0.3) is 0 Å². The Kier molecular flexibility index (Phi) is 3.86. The van der Waals surface area contributed by atoms with Crippen molar-refractivity contribution < 1.29 is 9.59 Å². The number of benzene rings is 1. The van der Waals surface area contributed by atoms with Crippen LogP contribution in [0, 0.1) is 5.92 Å². The summed E-state index contributed by atoms with van der Waals surface area (Å²) in [5.74, 6) is 0.333. The molecule has 22 heavy (non-hydrogen) atoms. The molecule has 1 saturated heterocycles. The summed E-state index contributed by atoms with van der Waals surface area (Å²) in [5.41, 5.74) is 1.60. The van der Waals surface area contributed by atoms with Gasteiger partial charge in [0.1, 0.15) is 6.33 Å². The first-order valence-corrected chi connectivity index (χ1v) is 7.22. The Labute approximate surface area is 127 Å². The standard InChI is InChI=1S/C15H17N5O2/c1-2-20-8-11(7-13(20)21)15(22)18-12-5-3-10(4-6-12)14-16-9-17-19-14/h3-6,9,11H,2,7-8H2,1H3,(H,18,22)(H,16,17,19)/t11-/m0/s1. The molecule has 114 valence electrons. The van der Waals surface area contributed by atoms with Gasteiger partial charge in [0.15, 0.2) is 5.82 Å². The molecular weight excluding hydrogens is 282 g/mol. The van der Waals surface area contributed by atoms with E-state index in [4.69, 9.17) is 0 Å². The minimum absolute atomic E-state index is 0.0447. The van der Waals surface area contributed by atoms with Gasteiger partial charge in [0.2, 0.25) is 11.8 Å². The summed E-state index contributed by atoms with van der Waals surface area (Å²) < 4.78 is 0. The van der Waals surface area contributed by atoms with E-state index in [1.165, 1.54) is 6.33 Å². The number of anilines is 1. The van der Waals surface area contributed by atoms with Crippen molar-refractivity contribution in [2.24, 2.45) is 5.92 Å². The second kappa shape index (κ2) is 5.97. The molecule has 0 bridgehead atoms. The van der Waals surface area contributed by atoms with Crippen LogP contribution in [0.3, 0.4) is 0 Å². The molecule has 1 aromatic carbocycles. The van der Waals surface area contributed by atoms with Crippen LogP contribution in [0.5, 0.6) is 0 Å². The number of nitrogens with one attached hydrogen (secondary N) is 2. The van der Waals surface area contributed by atoms with Crippen LogP contribution in [0.4, 0.5) is 5.69 Å². The molecule has 0 spiro atoms. The van der Waals surface area contributed by atoms with E-state index >= 15 is 0 Å². The Morgan fingerprint density at radius 1 is 1.41 bits per heavy atom. The zero-order valence-electron chi connectivity index (χ0n) is 12.2. The van der Waals surface area contributed by atoms with E-state index in [-0.39, 0.29) is 24.2 Å². The fraction of sp³-hybridized carbons (Fsp3) is 0.333. The maximum Gasteiger partial charge on any atom is 0.229 e. The predicted octanol–water partition coefficient (Wildman–Crippen LogP) is 1.28. The molecule has 7 heteroatoms. The number of aromatic amines is 1. The summed E-state index contributed by atoms with van der Waals surface area (Å²) in [6.07, 6.45) is 1.73. The number of carbonyl (C=O) groups is 2. The van der Waals surface area contributed by atoms with Crippen LogP contribution in [0.2, 0.25) is 0 Å². The molecule has 2 amide bonds. The van der Waals surface area contributed by atoms with E-state index < -0.39 is 0 Å². The minimum atomic E-state index is -0.276. The monoisotopic (exact) mass is 299 g/mol. The Balaban J connectivity index is 1.64. The van der Waals surface area contributed by atoms with Gasteiger partial charge in [-0.25, -0.2) is 4.98 Å². The second-order valence-electron chi connectivity index (χ2n) is 5.23. The summed E-state index contributed by atoms with van der Waals surface area (Å²) in [7, 11) is 0. The molecular formula is C15H17N5O2. The van der Waals surface area contributed by atoms with Crippen molar-refractivity contribution in [2.75, 3.05) is 18.4 Å². The van der Waals surface area contributed by atoms with Gasteiger partial charge in [-0.05, 0) is 31.2 Å². The van der Waals surface area contributed by atoms with Crippen LogP contribution in [0.15, 0.2) is 30.6 Å². The Morgan fingerprint density at radius 3 is 2.77 bits per heavy atom. The zero-order chi connectivity index (χ0) is 15.5. The highest BCUT2D eigenvalue weighted by Crippen LogP contribution is 2.21. The number of H-pyrrole nitrogens is 1. The largest absolute Gasteiger partial charge is 0.342 e. The summed E-state index contributed by atoms with van der Waals surface area (Å²) >= 11 is 0. The Bertz CT molecular complexity index is 666. The van der Waals surface area contributed by atoms with Crippen molar-refractivity contribution in [3.8, 4) is 11.4 Å². The number of carbonyl (C=O) groups excluding carboxylic acids is 2. The van der Waals surface area contributed by atoms with Gasteiger partial charge in [-0.2, -0.15) is 5.10 Å². The molecule has 7 nitrogen and oxygen atoms in total. The van der Waals surface area contributed by atoms with Gasteiger partial charge in [-0.3, -0.25) is 14.7 Å². The highest BCUT2D eigenvalue weighted by atomic mass is 16.2. The number of rotatable bonds is 4. The van der Waals surface area contributed by atoms with E-state index in [0.29, 0.717) is 24.6 Å². The van der Waals surface area contributed by atoms with E-state index in [9.17, 15) is 9.59 Å². The maximum absolute atomic E-state index is 12.2. The molecule has 2 aromatic rings. The van der Waals surface area contributed by atoms with Crippen molar-refractivity contribution >= 4 is 17.5 Å². The van der Waals surface area contributed by atoms with Gasteiger partial charge in [-0.15, -0.1) is 0 Å². The summed E-state index contributed by atoms with van der Waals surface area (Å²) in [6, 6.07) is 7.33. The first kappa shape index (κ1) is 14.2. The van der Waals surface area contributed by atoms with Crippen LogP contribution in [-0.4, -0.2) is 45.0 Å². The zero-order valence-corrected chi connectivity index (χ0v) is 12.2. The number of likely N-dealkylation sites (tertiary alicyclic amines) is 1. The molecule has 0 radical (unpaired) electrons. The van der Waals surface area contributed by atoms with Gasteiger partial charge in [0, 0.05) is 30.8 Å². The van der Waals surface area contributed by atoms with Crippen molar-refractivity contribution in [3.63, 3.8) is 0 Å². The van der Waals surface area contributed by atoms with Crippen molar-refractivity contribution in [3.05, 3.63) is 30.6 Å². The van der Waals surface area contributed by atoms with Gasteiger partial charge in [-0.1, -0.05) is 0 Å². The average molecular weight is 299 g/mol. The Hall–Kier alpha value is -2.70. The topological polar surface area (TPSA) is 91.0 Å². The van der Waals surface area contributed by atoms with E-state index in [2.05, 4.69) is 20.5 Å². The fourth-order valence-electron chi connectivity index (χ4n) is 2.55.